The molecule has 1 saturated heterocycles. The predicted octanol–water partition coefficient (Wildman–Crippen LogP) is 4.20. The number of aryl methyl sites for hydroxylation is 2. The normalized spacial score (nSPS) is 18.0. The Balaban J connectivity index is 1.30. The average Bonchev–Trinajstić information content (AvgIpc) is 3.75. The van der Waals surface area contributed by atoms with E-state index in [-0.39, 0.29) is 56.6 Å². The lowest BCUT2D eigenvalue weighted by molar-refractivity contribution is -0.144. The fourth-order valence-corrected chi connectivity index (χ4v) is 7.73. The van der Waals surface area contributed by atoms with Gasteiger partial charge in [0.1, 0.15) is 30.7 Å². The van der Waals surface area contributed by atoms with E-state index in [4.69, 9.17) is 22.1 Å². The minimum absolute atomic E-state index is 0.00435. The second-order valence-corrected chi connectivity index (χ2v) is 16.6. The van der Waals surface area contributed by atoms with Gasteiger partial charge in [0.2, 0.25) is 17.7 Å². The Hall–Kier alpha value is -3.63. The highest BCUT2D eigenvalue weighted by Gasteiger charge is 2.44. The number of rotatable bonds is 19. The van der Waals surface area contributed by atoms with Crippen LogP contribution in [-0.4, -0.2) is 93.3 Å². The first-order chi connectivity index (χ1) is 26.1. The van der Waals surface area contributed by atoms with Crippen LogP contribution in [0.3, 0.4) is 0 Å². The van der Waals surface area contributed by atoms with Crippen molar-refractivity contribution in [2.45, 2.75) is 116 Å². The van der Waals surface area contributed by atoms with Crippen molar-refractivity contribution in [3.05, 3.63) is 69.8 Å². The van der Waals surface area contributed by atoms with E-state index in [9.17, 15) is 29.7 Å². The topological polar surface area (TPSA) is 199 Å². The van der Waals surface area contributed by atoms with Crippen LogP contribution in [-0.2, 0) is 20.8 Å². The first kappa shape index (κ1) is 44.1. The number of aromatic nitrogens is 1. The van der Waals surface area contributed by atoms with Crippen LogP contribution in [0.25, 0.3) is 10.4 Å². The SMILES string of the molecule is Cc1ncsc1-c1ccc([C@H](C)NC(=O)[C@@H]2C[C@@H](O)CN2C(=O)[C@@H](NC(=O)CCCCc2cccc(OC[C@H](CCC(N)O)NCO)c2Cl)C(C)(C)C)cc1. The molecule has 0 bridgehead atoms. The van der Waals surface area contributed by atoms with E-state index in [1.54, 1.807) is 17.4 Å². The molecule has 0 spiro atoms. The lowest BCUT2D eigenvalue weighted by atomic mass is 9.85. The number of nitrogens with two attached hydrogens (primary N) is 1. The summed E-state index contributed by atoms with van der Waals surface area (Å²) in [4.78, 5) is 47.7. The molecule has 4 rings (SSSR count). The number of nitrogens with zero attached hydrogens (tertiary/aromatic N) is 2. The summed E-state index contributed by atoms with van der Waals surface area (Å²) in [5.74, 6) is -0.562. The maximum atomic E-state index is 14.1. The molecule has 1 aliphatic rings. The van der Waals surface area contributed by atoms with Crippen LogP contribution in [0.4, 0.5) is 0 Å². The molecule has 1 aromatic heterocycles. The van der Waals surface area contributed by atoms with Crippen molar-refractivity contribution >= 4 is 40.7 Å². The number of hydrogen-bond acceptors (Lipinski definition) is 11. The zero-order valence-corrected chi connectivity index (χ0v) is 34.0. The third-order valence-corrected chi connectivity index (χ3v) is 11.2. The maximum Gasteiger partial charge on any atom is 0.246 e. The number of ether oxygens (including phenoxy) is 1. The van der Waals surface area contributed by atoms with Gasteiger partial charge in [-0.1, -0.05) is 68.8 Å². The summed E-state index contributed by atoms with van der Waals surface area (Å²) >= 11 is 8.23. The Labute approximate surface area is 333 Å². The second kappa shape index (κ2) is 20.5. The number of amides is 3. The summed E-state index contributed by atoms with van der Waals surface area (Å²) in [5.41, 5.74) is 10.4. The van der Waals surface area contributed by atoms with Crippen LogP contribution in [0.2, 0.25) is 5.02 Å². The highest BCUT2D eigenvalue weighted by Crippen LogP contribution is 2.31. The number of hydrogen-bond donors (Lipinski definition) is 7. The Morgan fingerprint density at radius 3 is 2.47 bits per heavy atom. The van der Waals surface area contributed by atoms with E-state index >= 15 is 0 Å². The van der Waals surface area contributed by atoms with E-state index in [1.807, 2.05) is 76.5 Å². The number of aliphatic hydroxyl groups excluding tert-OH is 3. The molecular weight excluding hydrogens is 744 g/mol. The van der Waals surface area contributed by atoms with Crippen molar-refractivity contribution in [2.24, 2.45) is 11.1 Å². The molecule has 1 unspecified atom stereocenters. The van der Waals surface area contributed by atoms with Gasteiger partial charge in [0.15, 0.2) is 0 Å². The summed E-state index contributed by atoms with van der Waals surface area (Å²) in [5, 5.41) is 38.6. The molecule has 2 aromatic carbocycles. The molecule has 15 heteroatoms. The molecule has 6 atom stereocenters. The third kappa shape index (κ3) is 12.7. The lowest BCUT2D eigenvalue weighted by Gasteiger charge is -2.35. The van der Waals surface area contributed by atoms with Gasteiger partial charge in [0, 0.05) is 25.4 Å². The van der Waals surface area contributed by atoms with Crippen LogP contribution in [0, 0.1) is 12.3 Å². The number of carbonyl (C=O) groups is 3. The smallest absolute Gasteiger partial charge is 0.246 e. The monoisotopic (exact) mass is 800 g/mol. The number of likely N-dealkylation sites (tertiary alicyclic amines) is 1. The Bertz CT molecular complexity index is 1720. The molecule has 302 valence electrons. The maximum absolute atomic E-state index is 14.1. The fraction of sp³-hybridized carbons (Fsp3) is 0.550. The van der Waals surface area contributed by atoms with Crippen LogP contribution in [0.1, 0.15) is 89.1 Å². The fourth-order valence-electron chi connectivity index (χ4n) is 6.65. The minimum Gasteiger partial charge on any atom is -0.490 e. The first-order valence-electron chi connectivity index (χ1n) is 18.9. The Morgan fingerprint density at radius 1 is 1.11 bits per heavy atom. The van der Waals surface area contributed by atoms with Gasteiger partial charge in [-0.05, 0) is 74.1 Å². The second-order valence-electron chi connectivity index (χ2n) is 15.3. The van der Waals surface area contributed by atoms with Gasteiger partial charge in [0.25, 0.3) is 0 Å². The van der Waals surface area contributed by atoms with Crippen molar-refractivity contribution < 1.29 is 34.4 Å². The molecular formula is C40H57ClN6O7S. The number of β-amino-alcohol motifs (C(OH)–C–C–N with tert-alkyl or cyclic N) is 1. The van der Waals surface area contributed by atoms with Crippen molar-refractivity contribution in [1.82, 2.24) is 25.8 Å². The zero-order valence-electron chi connectivity index (χ0n) is 32.4. The summed E-state index contributed by atoms with van der Waals surface area (Å²) in [6.07, 6.45) is 1.10. The Morgan fingerprint density at radius 2 is 1.84 bits per heavy atom. The van der Waals surface area contributed by atoms with Gasteiger partial charge in [-0.3, -0.25) is 19.7 Å². The van der Waals surface area contributed by atoms with Gasteiger partial charge in [-0.25, -0.2) is 4.98 Å². The van der Waals surface area contributed by atoms with Crippen LogP contribution < -0.4 is 26.4 Å². The van der Waals surface area contributed by atoms with Crippen LogP contribution in [0.5, 0.6) is 5.75 Å². The summed E-state index contributed by atoms with van der Waals surface area (Å²) in [6, 6.07) is 11.1. The van der Waals surface area contributed by atoms with E-state index < -0.39 is 35.7 Å². The number of nitrogens with one attached hydrogen (secondary N) is 3. The van der Waals surface area contributed by atoms with E-state index in [1.165, 1.54) is 4.90 Å². The molecule has 2 heterocycles. The molecule has 3 aromatic rings. The van der Waals surface area contributed by atoms with Crippen molar-refractivity contribution in [3.63, 3.8) is 0 Å². The Kier molecular flexibility index (Phi) is 16.4. The molecule has 0 saturated carbocycles. The number of benzene rings is 2. The van der Waals surface area contributed by atoms with Crippen molar-refractivity contribution in [3.8, 4) is 16.2 Å². The van der Waals surface area contributed by atoms with Gasteiger partial charge in [0.05, 0.1) is 40.0 Å². The van der Waals surface area contributed by atoms with E-state index in [0.717, 1.165) is 27.3 Å². The standard InChI is InChI=1S/C40H57ClN6O7S/c1-24(26-13-15-28(16-14-26)36-25(2)44-23-55-36)45-38(52)31-19-30(49)20-47(31)39(53)37(40(3,4)5)46-34(51)12-7-6-9-27-10-8-11-32(35(27)41)54-21-29(43-22-48)17-18-33(42)50/h8,10-11,13-16,23-24,29-31,33,37,43,48-50H,6-7,9,12,17-22,42H2,1-5H3,(H,45,52)(H,46,51)/t24-,29-,30+,31-,33?,37+/m0/s1. The number of unbranched alkanes of at least 4 members (excludes halogenated alkanes) is 1. The predicted molar refractivity (Wildman–Crippen MR) is 214 cm³/mol. The minimum atomic E-state index is -0.953. The molecule has 1 fully saturated rings. The highest BCUT2D eigenvalue weighted by molar-refractivity contribution is 7.13. The van der Waals surface area contributed by atoms with Gasteiger partial charge >= 0.3 is 0 Å². The van der Waals surface area contributed by atoms with E-state index in [2.05, 4.69) is 20.9 Å². The lowest BCUT2D eigenvalue weighted by Crippen LogP contribution is -2.57. The molecule has 55 heavy (non-hydrogen) atoms. The van der Waals surface area contributed by atoms with E-state index in [0.29, 0.717) is 42.9 Å². The quantitative estimate of drug-likeness (QED) is 0.0682. The van der Waals surface area contributed by atoms with Crippen LogP contribution >= 0.6 is 22.9 Å². The zero-order chi connectivity index (χ0) is 40.3. The number of carbonyl (C=O) groups excluding carboxylic acids is 3. The number of halogens is 1. The summed E-state index contributed by atoms with van der Waals surface area (Å²) in [6.45, 7) is 9.39. The molecule has 3 amide bonds. The van der Waals surface area contributed by atoms with Gasteiger partial charge < -0.3 is 41.3 Å². The average molecular weight is 801 g/mol. The van der Waals surface area contributed by atoms with Crippen LogP contribution in [0.15, 0.2) is 48.0 Å². The van der Waals surface area contributed by atoms with Gasteiger partial charge in [-0.15, -0.1) is 11.3 Å². The largest absolute Gasteiger partial charge is 0.490 e. The molecule has 1 aliphatic heterocycles. The molecule has 0 aliphatic carbocycles. The summed E-state index contributed by atoms with van der Waals surface area (Å²) < 4.78 is 5.93. The third-order valence-electron chi connectivity index (χ3n) is 9.83. The number of thiazole rings is 1. The molecule has 13 nitrogen and oxygen atoms in total. The van der Waals surface area contributed by atoms with Crippen molar-refractivity contribution in [2.75, 3.05) is 19.9 Å². The highest BCUT2D eigenvalue weighted by atomic mass is 35.5. The first-order valence-corrected chi connectivity index (χ1v) is 20.1. The molecule has 8 N–H and O–H groups in total. The van der Waals surface area contributed by atoms with Crippen molar-refractivity contribution in [1.29, 1.82) is 0 Å². The number of aliphatic hydroxyl groups is 3. The molecule has 0 radical (unpaired) electrons. The van der Waals surface area contributed by atoms with Gasteiger partial charge in [-0.2, -0.15) is 0 Å². The summed E-state index contributed by atoms with van der Waals surface area (Å²) in [7, 11) is 0.